The van der Waals surface area contributed by atoms with Gasteiger partial charge in [-0.05, 0) is 42.5 Å². The number of pyridine rings is 1. The summed E-state index contributed by atoms with van der Waals surface area (Å²) in [5.41, 5.74) is 4.21. The number of ether oxygens (including phenoxy) is 2. The van der Waals surface area contributed by atoms with Crippen molar-refractivity contribution in [1.29, 1.82) is 0 Å². The summed E-state index contributed by atoms with van der Waals surface area (Å²) in [5, 5.41) is 7.12. The summed E-state index contributed by atoms with van der Waals surface area (Å²) in [4.78, 5) is 28.0. The van der Waals surface area contributed by atoms with Gasteiger partial charge in [0.1, 0.15) is 35.1 Å². The molecule has 1 aromatic heterocycles. The first-order valence-electron chi connectivity index (χ1n) is 10.3. The van der Waals surface area contributed by atoms with Gasteiger partial charge in [-0.3, -0.25) is 9.78 Å². The third kappa shape index (κ3) is 6.84. The number of nitrogens with zero attached hydrogens (tertiary/aromatic N) is 1. The third-order valence-corrected chi connectivity index (χ3v) is 4.47. The monoisotopic (exact) mass is 489 g/mol. The number of hydrogen-bond acceptors (Lipinski definition) is 6. The maximum absolute atomic E-state index is 13.6. The molecule has 3 rings (SSSR count). The summed E-state index contributed by atoms with van der Waals surface area (Å²) < 4.78 is 51.6. The lowest BCUT2D eigenvalue weighted by Gasteiger charge is -2.18. The molecule has 184 valence electrons. The van der Waals surface area contributed by atoms with Crippen LogP contribution in [0.5, 0.6) is 17.2 Å². The molecule has 2 aromatic carbocycles. The lowest BCUT2D eigenvalue weighted by molar-refractivity contribution is -0.138. The SMILES string of the molecule is CNC(=O)c1cc(Oc2ccc(NC(=O)Nc3cccc(OCCN)c3C(F)(F)F)cc2)ccn1. The minimum atomic E-state index is -4.77. The highest BCUT2D eigenvalue weighted by molar-refractivity contribution is 6.00. The minimum absolute atomic E-state index is 0.0333. The van der Waals surface area contributed by atoms with E-state index in [4.69, 9.17) is 15.2 Å². The Morgan fingerprint density at radius 3 is 2.43 bits per heavy atom. The highest BCUT2D eigenvalue weighted by Crippen LogP contribution is 2.41. The molecule has 0 unspecified atom stereocenters. The molecule has 0 fully saturated rings. The van der Waals surface area contributed by atoms with E-state index < -0.39 is 29.2 Å². The number of hydrogen-bond donors (Lipinski definition) is 4. The number of nitrogens with two attached hydrogens (primary N) is 1. The van der Waals surface area contributed by atoms with Crippen molar-refractivity contribution in [3.8, 4) is 17.2 Å². The second-order valence-electron chi connectivity index (χ2n) is 6.98. The van der Waals surface area contributed by atoms with Crippen LogP contribution < -0.4 is 31.2 Å². The zero-order valence-electron chi connectivity index (χ0n) is 18.5. The first-order valence-corrected chi connectivity index (χ1v) is 10.3. The molecule has 9 nitrogen and oxygen atoms in total. The van der Waals surface area contributed by atoms with Crippen LogP contribution in [0.15, 0.2) is 60.8 Å². The van der Waals surface area contributed by atoms with E-state index in [9.17, 15) is 22.8 Å². The average Bonchev–Trinajstić information content (AvgIpc) is 2.83. The van der Waals surface area contributed by atoms with Crippen molar-refractivity contribution < 1.29 is 32.2 Å². The molecule has 5 N–H and O–H groups in total. The van der Waals surface area contributed by atoms with Gasteiger partial charge in [0.05, 0.1) is 5.69 Å². The van der Waals surface area contributed by atoms with Crippen molar-refractivity contribution in [3.63, 3.8) is 0 Å². The largest absolute Gasteiger partial charge is 0.492 e. The van der Waals surface area contributed by atoms with Gasteiger partial charge in [0.2, 0.25) is 0 Å². The molecule has 0 aliphatic rings. The molecular weight excluding hydrogens is 467 g/mol. The van der Waals surface area contributed by atoms with E-state index in [2.05, 4.69) is 20.9 Å². The number of aromatic nitrogens is 1. The van der Waals surface area contributed by atoms with Crippen LogP contribution in [0.25, 0.3) is 0 Å². The molecule has 0 spiro atoms. The summed E-state index contributed by atoms with van der Waals surface area (Å²) in [6.07, 6.45) is -3.34. The van der Waals surface area contributed by atoms with Gasteiger partial charge in [0.15, 0.2) is 0 Å². The summed E-state index contributed by atoms with van der Waals surface area (Å²) in [7, 11) is 1.48. The number of rotatable bonds is 8. The first kappa shape index (κ1) is 25.3. The molecular formula is C23H22F3N5O4. The molecule has 0 bridgehead atoms. The lowest BCUT2D eigenvalue weighted by atomic mass is 10.1. The number of alkyl halides is 3. The molecule has 0 aliphatic heterocycles. The zero-order chi connectivity index (χ0) is 25.4. The number of nitrogens with one attached hydrogen (secondary N) is 3. The summed E-state index contributed by atoms with van der Waals surface area (Å²) in [5.74, 6) is -0.0355. The highest BCUT2D eigenvalue weighted by atomic mass is 19.4. The lowest BCUT2D eigenvalue weighted by Crippen LogP contribution is -2.22. The van der Waals surface area contributed by atoms with Crippen LogP contribution in [-0.4, -0.2) is 37.1 Å². The zero-order valence-corrected chi connectivity index (χ0v) is 18.5. The van der Waals surface area contributed by atoms with Gasteiger partial charge < -0.3 is 31.2 Å². The molecule has 0 saturated carbocycles. The summed E-state index contributed by atoms with van der Waals surface area (Å²) in [6.45, 7) is -0.0781. The fraction of sp³-hybridized carbons (Fsp3) is 0.174. The van der Waals surface area contributed by atoms with Gasteiger partial charge in [0, 0.05) is 31.5 Å². The fourth-order valence-electron chi connectivity index (χ4n) is 2.97. The number of anilines is 2. The topological polar surface area (TPSA) is 128 Å². The number of benzene rings is 2. The first-order chi connectivity index (χ1) is 16.7. The molecule has 3 aromatic rings. The van der Waals surface area contributed by atoms with Crippen molar-refractivity contribution in [2.45, 2.75) is 6.18 Å². The van der Waals surface area contributed by atoms with Crippen molar-refractivity contribution in [1.82, 2.24) is 10.3 Å². The van der Waals surface area contributed by atoms with Crippen molar-refractivity contribution in [2.75, 3.05) is 30.8 Å². The van der Waals surface area contributed by atoms with Crippen LogP contribution in [0, 0.1) is 0 Å². The van der Waals surface area contributed by atoms with Crippen LogP contribution in [0.3, 0.4) is 0 Å². The van der Waals surface area contributed by atoms with Crippen LogP contribution in [-0.2, 0) is 6.18 Å². The van der Waals surface area contributed by atoms with E-state index >= 15 is 0 Å². The molecule has 0 atom stereocenters. The maximum atomic E-state index is 13.6. The molecule has 3 amide bonds. The van der Waals surface area contributed by atoms with E-state index in [1.54, 1.807) is 6.07 Å². The minimum Gasteiger partial charge on any atom is -0.492 e. The standard InChI is InChI=1S/C23H22F3N5O4/c1-28-21(32)18-13-16(9-11-29-18)35-15-7-5-14(6-8-15)30-22(33)31-17-3-2-4-19(34-12-10-27)20(17)23(24,25)26/h2-9,11,13H,10,12,27H2,1H3,(H,28,32)(H2,30,31,33). The number of halogens is 3. The van der Waals surface area contributed by atoms with Crippen LogP contribution in [0.2, 0.25) is 0 Å². The summed E-state index contributed by atoms with van der Waals surface area (Å²) >= 11 is 0. The van der Waals surface area contributed by atoms with Gasteiger partial charge in [-0.1, -0.05) is 6.07 Å². The van der Waals surface area contributed by atoms with E-state index in [-0.39, 0.29) is 24.8 Å². The van der Waals surface area contributed by atoms with Gasteiger partial charge in [0.25, 0.3) is 5.91 Å². The number of carbonyl (C=O) groups excluding carboxylic acids is 2. The summed E-state index contributed by atoms with van der Waals surface area (Å²) in [6, 6.07) is 11.8. The van der Waals surface area contributed by atoms with Crippen molar-refractivity contribution in [2.24, 2.45) is 5.73 Å². The molecule has 0 radical (unpaired) electrons. The molecule has 12 heteroatoms. The Labute approximate surface area is 198 Å². The second kappa shape index (κ2) is 11.2. The highest BCUT2D eigenvalue weighted by Gasteiger charge is 2.37. The smallest absolute Gasteiger partial charge is 0.421 e. The van der Waals surface area contributed by atoms with Gasteiger partial charge in [-0.15, -0.1) is 0 Å². The Kier molecular flexibility index (Phi) is 8.10. The van der Waals surface area contributed by atoms with E-state index in [1.807, 2.05) is 0 Å². The quantitative estimate of drug-likeness (QED) is 0.375. The molecule has 1 heterocycles. The van der Waals surface area contributed by atoms with Gasteiger partial charge >= 0.3 is 12.2 Å². The number of carbonyl (C=O) groups is 2. The average molecular weight is 489 g/mol. The second-order valence-corrected chi connectivity index (χ2v) is 6.98. The molecule has 0 saturated heterocycles. The fourth-order valence-corrected chi connectivity index (χ4v) is 2.97. The Hall–Kier alpha value is -4.32. The Balaban J connectivity index is 1.68. The third-order valence-electron chi connectivity index (χ3n) is 4.47. The van der Waals surface area contributed by atoms with E-state index in [0.29, 0.717) is 17.2 Å². The van der Waals surface area contributed by atoms with E-state index in [0.717, 1.165) is 12.1 Å². The predicted octanol–water partition coefficient (Wildman–Crippen LogP) is 4.23. The predicted molar refractivity (Wildman–Crippen MR) is 123 cm³/mol. The van der Waals surface area contributed by atoms with Gasteiger partial charge in [-0.2, -0.15) is 13.2 Å². The number of amides is 3. The van der Waals surface area contributed by atoms with Crippen molar-refractivity contribution >= 4 is 23.3 Å². The maximum Gasteiger partial charge on any atom is 0.421 e. The Bertz CT molecular complexity index is 1190. The van der Waals surface area contributed by atoms with E-state index in [1.165, 1.54) is 49.6 Å². The Morgan fingerprint density at radius 1 is 1.03 bits per heavy atom. The molecule has 35 heavy (non-hydrogen) atoms. The normalized spacial score (nSPS) is 10.9. The van der Waals surface area contributed by atoms with Gasteiger partial charge in [-0.25, -0.2) is 4.79 Å². The van der Waals surface area contributed by atoms with Crippen LogP contribution in [0.1, 0.15) is 16.1 Å². The number of urea groups is 1. The Morgan fingerprint density at radius 2 is 1.77 bits per heavy atom. The molecule has 0 aliphatic carbocycles. The van der Waals surface area contributed by atoms with Crippen LogP contribution in [0.4, 0.5) is 29.3 Å². The van der Waals surface area contributed by atoms with Crippen LogP contribution >= 0.6 is 0 Å². The van der Waals surface area contributed by atoms with Crippen molar-refractivity contribution in [3.05, 3.63) is 72.1 Å².